The lowest BCUT2D eigenvalue weighted by atomic mass is 10.1. The van der Waals surface area contributed by atoms with Gasteiger partial charge in [-0.25, -0.2) is 9.97 Å². The van der Waals surface area contributed by atoms with Crippen molar-refractivity contribution in [3.63, 3.8) is 0 Å². The number of amides is 1. The molecular weight excluding hydrogens is 350 g/mol. The van der Waals surface area contributed by atoms with Crippen LogP contribution < -0.4 is 10.6 Å². The number of rotatable bonds is 7. The summed E-state index contributed by atoms with van der Waals surface area (Å²) in [6.07, 6.45) is 1.74. The average molecular weight is 375 g/mol. The van der Waals surface area contributed by atoms with Crippen LogP contribution in [0.5, 0.6) is 0 Å². The van der Waals surface area contributed by atoms with Gasteiger partial charge in [0, 0.05) is 36.6 Å². The van der Waals surface area contributed by atoms with Gasteiger partial charge in [-0.05, 0) is 49.5 Å². The zero-order valence-corrected chi connectivity index (χ0v) is 16.4. The summed E-state index contributed by atoms with van der Waals surface area (Å²) >= 11 is 0. The van der Waals surface area contributed by atoms with Crippen molar-refractivity contribution < 1.29 is 4.79 Å². The van der Waals surface area contributed by atoms with Crippen LogP contribution in [0.25, 0.3) is 11.3 Å². The van der Waals surface area contributed by atoms with Crippen LogP contribution in [0, 0.1) is 0 Å². The van der Waals surface area contributed by atoms with E-state index < -0.39 is 0 Å². The van der Waals surface area contributed by atoms with Crippen molar-refractivity contribution in [2.24, 2.45) is 0 Å². The van der Waals surface area contributed by atoms with Crippen molar-refractivity contribution in [3.8, 4) is 11.3 Å². The van der Waals surface area contributed by atoms with Crippen LogP contribution >= 0.6 is 0 Å². The van der Waals surface area contributed by atoms with Gasteiger partial charge >= 0.3 is 0 Å². The van der Waals surface area contributed by atoms with Crippen molar-refractivity contribution in [1.29, 1.82) is 0 Å². The Morgan fingerprint density at radius 2 is 1.86 bits per heavy atom. The summed E-state index contributed by atoms with van der Waals surface area (Å²) in [5.41, 5.74) is 4.73. The maximum Gasteiger partial charge on any atom is 0.227 e. The largest absolute Gasteiger partial charge is 0.326 e. The Morgan fingerprint density at radius 1 is 1.07 bits per heavy atom. The Labute approximate surface area is 165 Å². The third-order valence-electron chi connectivity index (χ3n) is 4.33. The predicted octanol–water partition coefficient (Wildman–Crippen LogP) is 4.30. The zero-order valence-electron chi connectivity index (χ0n) is 16.4. The Balaban J connectivity index is 1.75. The van der Waals surface area contributed by atoms with Crippen molar-refractivity contribution in [2.45, 2.75) is 20.4 Å². The highest BCUT2D eigenvalue weighted by molar-refractivity contribution is 5.88. The van der Waals surface area contributed by atoms with E-state index in [-0.39, 0.29) is 5.91 Å². The summed E-state index contributed by atoms with van der Waals surface area (Å²) in [6.45, 7) is 5.53. The summed E-state index contributed by atoms with van der Waals surface area (Å²) in [5, 5.41) is 6.05. The molecule has 0 fully saturated rings. The Hall–Kier alpha value is -3.25. The van der Waals surface area contributed by atoms with E-state index in [2.05, 4.69) is 51.6 Å². The molecule has 0 aliphatic carbocycles. The van der Waals surface area contributed by atoms with Gasteiger partial charge < -0.3 is 15.5 Å². The molecule has 1 aromatic heterocycles. The second-order valence-electron chi connectivity index (χ2n) is 6.68. The third-order valence-corrected chi connectivity index (χ3v) is 4.33. The molecule has 144 valence electrons. The third kappa shape index (κ3) is 5.37. The molecule has 3 aromatic rings. The molecule has 0 aliphatic rings. The van der Waals surface area contributed by atoms with Gasteiger partial charge in [0.15, 0.2) is 0 Å². The monoisotopic (exact) mass is 375 g/mol. The summed E-state index contributed by atoms with van der Waals surface area (Å²) in [6, 6.07) is 17.7. The quantitative estimate of drug-likeness (QED) is 0.644. The molecule has 1 heterocycles. The van der Waals surface area contributed by atoms with Gasteiger partial charge in [0.25, 0.3) is 0 Å². The second-order valence-corrected chi connectivity index (χ2v) is 6.68. The minimum Gasteiger partial charge on any atom is -0.326 e. The lowest BCUT2D eigenvalue weighted by Gasteiger charge is -2.14. The lowest BCUT2D eigenvalue weighted by molar-refractivity contribution is -0.114. The van der Waals surface area contributed by atoms with Crippen molar-refractivity contribution in [1.82, 2.24) is 14.9 Å². The molecule has 6 heteroatoms. The smallest absolute Gasteiger partial charge is 0.227 e. The first kappa shape index (κ1) is 19.5. The summed E-state index contributed by atoms with van der Waals surface area (Å²) < 4.78 is 0. The highest BCUT2D eigenvalue weighted by atomic mass is 16.1. The standard InChI is InChI=1S/C22H25N5O/c1-4-27(3)15-17-6-5-7-20(14-17)25-22-23-13-12-21(26-22)18-8-10-19(11-9-18)24-16(2)28/h5-14H,4,15H2,1-3H3,(H,24,28)(H,23,25,26). The molecule has 28 heavy (non-hydrogen) atoms. The van der Waals surface area contributed by atoms with E-state index in [1.807, 2.05) is 42.5 Å². The molecule has 0 aliphatic heterocycles. The molecule has 3 rings (SSSR count). The molecule has 0 radical (unpaired) electrons. The van der Waals surface area contributed by atoms with Gasteiger partial charge in [-0.1, -0.05) is 31.2 Å². The van der Waals surface area contributed by atoms with E-state index in [0.717, 1.165) is 35.7 Å². The molecule has 2 aromatic carbocycles. The highest BCUT2D eigenvalue weighted by Gasteiger charge is 2.05. The van der Waals surface area contributed by atoms with E-state index >= 15 is 0 Å². The van der Waals surface area contributed by atoms with Crippen molar-refractivity contribution in [3.05, 3.63) is 66.4 Å². The van der Waals surface area contributed by atoms with Gasteiger partial charge in [-0.2, -0.15) is 0 Å². The van der Waals surface area contributed by atoms with Gasteiger partial charge in [0.2, 0.25) is 11.9 Å². The second kappa shape index (κ2) is 9.10. The number of aromatic nitrogens is 2. The van der Waals surface area contributed by atoms with Crippen molar-refractivity contribution in [2.75, 3.05) is 24.2 Å². The summed E-state index contributed by atoms with van der Waals surface area (Å²) in [5.74, 6) is 0.457. The Morgan fingerprint density at radius 3 is 2.57 bits per heavy atom. The highest BCUT2D eigenvalue weighted by Crippen LogP contribution is 2.22. The minimum atomic E-state index is -0.0892. The average Bonchev–Trinajstić information content (AvgIpc) is 2.68. The van der Waals surface area contributed by atoms with Gasteiger partial charge in [-0.3, -0.25) is 4.79 Å². The summed E-state index contributed by atoms with van der Waals surface area (Å²) in [4.78, 5) is 22.3. The van der Waals surface area contributed by atoms with E-state index in [4.69, 9.17) is 0 Å². The summed E-state index contributed by atoms with van der Waals surface area (Å²) in [7, 11) is 2.10. The molecule has 1 amide bonds. The normalized spacial score (nSPS) is 10.7. The van der Waals surface area contributed by atoms with Crippen LogP contribution in [-0.4, -0.2) is 34.4 Å². The van der Waals surface area contributed by atoms with E-state index in [1.165, 1.54) is 12.5 Å². The minimum absolute atomic E-state index is 0.0892. The van der Waals surface area contributed by atoms with E-state index in [1.54, 1.807) is 6.20 Å². The van der Waals surface area contributed by atoms with Gasteiger partial charge in [-0.15, -0.1) is 0 Å². The first-order chi connectivity index (χ1) is 13.5. The molecule has 0 unspecified atom stereocenters. The van der Waals surface area contributed by atoms with Gasteiger partial charge in [0.05, 0.1) is 5.69 Å². The molecule has 0 atom stereocenters. The maximum atomic E-state index is 11.1. The van der Waals surface area contributed by atoms with E-state index in [0.29, 0.717) is 5.95 Å². The van der Waals surface area contributed by atoms with Crippen LogP contribution in [0.2, 0.25) is 0 Å². The topological polar surface area (TPSA) is 70.2 Å². The number of hydrogen-bond donors (Lipinski definition) is 2. The number of benzene rings is 2. The first-order valence-electron chi connectivity index (χ1n) is 9.29. The predicted molar refractivity (Wildman–Crippen MR) is 114 cm³/mol. The zero-order chi connectivity index (χ0) is 19.9. The lowest BCUT2D eigenvalue weighted by Crippen LogP contribution is -2.16. The van der Waals surface area contributed by atoms with Gasteiger partial charge in [0.1, 0.15) is 0 Å². The number of nitrogens with zero attached hydrogens (tertiary/aromatic N) is 3. The fraction of sp³-hybridized carbons (Fsp3) is 0.227. The van der Waals surface area contributed by atoms with Crippen LogP contribution in [0.1, 0.15) is 19.4 Å². The van der Waals surface area contributed by atoms with Crippen LogP contribution in [0.15, 0.2) is 60.8 Å². The number of anilines is 3. The molecule has 2 N–H and O–H groups in total. The van der Waals surface area contributed by atoms with Crippen LogP contribution in [-0.2, 0) is 11.3 Å². The fourth-order valence-corrected chi connectivity index (χ4v) is 2.81. The molecule has 0 saturated carbocycles. The first-order valence-corrected chi connectivity index (χ1v) is 9.29. The fourth-order valence-electron chi connectivity index (χ4n) is 2.81. The maximum absolute atomic E-state index is 11.1. The molecule has 6 nitrogen and oxygen atoms in total. The molecule has 0 bridgehead atoms. The number of carbonyl (C=O) groups excluding carboxylic acids is 1. The van der Waals surface area contributed by atoms with Crippen LogP contribution in [0.4, 0.5) is 17.3 Å². The number of nitrogens with one attached hydrogen (secondary N) is 2. The number of hydrogen-bond acceptors (Lipinski definition) is 5. The van der Waals surface area contributed by atoms with Crippen LogP contribution in [0.3, 0.4) is 0 Å². The SMILES string of the molecule is CCN(C)Cc1cccc(Nc2nccc(-c3ccc(NC(C)=O)cc3)n2)c1. The Bertz CT molecular complexity index is 940. The van der Waals surface area contributed by atoms with Crippen molar-refractivity contribution >= 4 is 23.2 Å². The van der Waals surface area contributed by atoms with E-state index in [9.17, 15) is 4.79 Å². The Kier molecular flexibility index (Phi) is 6.34. The molecule has 0 saturated heterocycles. The number of carbonyl (C=O) groups is 1. The molecular formula is C22H25N5O. The molecule has 0 spiro atoms.